The van der Waals surface area contributed by atoms with Gasteiger partial charge in [0.05, 0.1) is 0 Å². The quantitative estimate of drug-likeness (QED) is 0.0617. The molecule has 0 amide bonds. The molecule has 0 aliphatic rings. The van der Waals surface area contributed by atoms with Crippen LogP contribution in [0.2, 0.25) is 0 Å². The maximum Gasteiger partial charge on any atom is 0.489 e. The van der Waals surface area contributed by atoms with Crippen molar-refractivity contribution in [2.75, 3.05) is 0 Å². The van der Waals surface area contributed by atoms with Crippen LogP contribution in [0.15, 0.2) is 40.9 Å². The van der Waals surface area contributed by atoms with Gasteiger partial charge in [0.15, 0.2) is 0 Å². The van der Waals surface area contributed by atoms with Crippen LogP contribution in [0.25, 0.3) is 21.5 Å². The summed E-state index contributed by atoms with van der Waals surface area (Å²) in [4.78, 5) is 0. The van der Waals surface area contributed by atoms with Crippen molar-refractivity contribution in [1.82, 2.24) is 0 Å². The van der Waals surface area contributed by atoms with Gasteiger partial charge in [-0.05, 0) is 88.1 Å². The maximum atomic E-state index is 10.0. The normalized spacial score (nSPS) is 11.6. The molecule has 0 fully saturated rings. The molecule has 0 atom stereocenters. The molecule has 0 heterocycles. The smallest absolute Gasteiger partial charge is 0.423 e. The second-order valence-electron chi connectivity index (χ2n) is 12.8. The summed E-state index contributed by atoms with van der Waals surface area (Å²) in [6, 6.07) is 13.1. The first-order valence-electron chi connectivity index (χ1n) is 17.6. The number of rotatable bonds is 23. The van der Waals surface area contributed by atoms with Crippen LogP contribution in [0.5, 0.6) is 0 Å². The summed E-state index contributed by atoms with van der Waals surface area (Å²) in [6.45, 7) is 4.58. The minimum Gasteiger partial charge on any atom is -0.423 e. The van der Waals surface area contributed by atoms with Gasteiger partial charge in [-0.25, -0.2) is 0 Å². The van der Waals surface area contributed by atoms with Crippen molar-refractivity contribution >= 4 is 50.1 Å². The van der Waals surface area contributed by atoms with Gasteiger partial charge in [-0.2, -0.15) is 0 Å². The fourth-order valence-corrected chi connectivity index (χ4v) is 7.03. The summed E-state index contributed by atoms with van der Waals surface area (Å²) in [6.07, 6.45) is 29.7. The third-order valence-electron chi connectivity index (χ3n) is 9.10. The summed E-state index contributed by atoms with van der Waals surface area (Å²) in [5, 5.41) is 24.5. The van der Waals surface area contributed by atoms with Gasteiger partial charge in [-0.3, -0.25) is 0 Å². The van der Waals surface area contributed by atoms with Gasteiger partial charge in [0.25, 0.3) is 0 Å². The largest absolute Gasteiger partial charge is 0.489 e. The van der Waals surface area contributed by atoms with Gasteiger partial charge in [0.1, 0.15) is 0 Å². The molecule has 3 rings (SSSR count). The zero-order valence-electron chi connectivity index (χ0n) is 26.9. The number of fused-ring (bicyclic) bond motifs is 2. The van der Waals surface area contributed by atoms with E-state index in [1.807, 2.05) is 6.07 Å². The Morgan fingerprint density at radius 3 is 1.31 bits per heavy atom. The monoisotopic (exact) mass is 636 g/mol. The molecular formula is C38H58BBrO2. The molecule has 4 heteroatoms. The molecule has 2 nitrogen and oxygen atoms in total. The van der Waals surface area contributed by atoms with Gasteiger partial charge < -0.3 is 10.0 Å². The van der Waals surface area contributed by atoms with Crippen molar-refractivity contribution in [3.63, 3.8) is 0 Å². The minimum absolute atomic E-state index is 0.562. The molecule has 0 unspecified atom stereocenters. The SMILES string of the molecule is CCCCCCCCCCCCc1cc2cc3cc(Br)cc(B(O)O)c3cc2cc1CCCCCCCCCCCC. The second kappa shape index (κ2) is 20.6. The van der Waals surface area contributed by atoms with Crippen LogP contribution in [-0.2, 0) is 12.8 Å². The zero-order chi connectivity index (χ0) is 30.0. The Labute approximate surface area is 266 Å². The third kappa shape index (κ3) is 12.3. The van der Waals surface area contributed by atoms with Gasteiger partial charge >= 0.3 is 7.12 Å². The Morgan fingerprint density at radius 1 is 0.476 bits per heavy atom. The highest BCUT2D eigenvalue weighted by molar-refractivity contribution is 9.10. The van der Waals surface area contributed by atoms with Gasteiger partial charge in [-0.1, -0.05) is 157 Å². The zero-order valence-corrected chi connectivity index (χ0v) is 28.5. The minimum atomic E-state index is -1.48. The maximum absolute atomic E-state index is 10.0. The Morgan fingerprint density at radius 2 is 0.881 bits per heavy atom. The van der Waals surface area contributed by atoms with Gasteiger partial charge in [-0.15, -0.1) is 0 Å². The number of hydrogen-bond acceptors (Lipinski definition) is 2. The lowest BCUT2D eigenvalue weighted by Gasteiger charge is -2.14. The lowest BCUT2D eigenvalue weighted by atomic mass is 9.76. The van der Waals surface area contributed by atoms with E-state index in [-0.39, 0.29) is 0 Å². The van der Waals surface area contributed by atoms with Crippen molar-refractivity contribution in [3.8, 4) is 0 Å². The van der Waals surface area contributed by atoms with E-state index in [0.29, 0.717) is 5.46 Å². The van der Waals surface area contributed by atoms with Crippen LogP contribution in [-0.4, -0.2) is 17.2 Å². The fourth-order valence-electron chi connectivity index (χ4n) is 6.53. The lowest BCUT2D eigenvalue weighted by molar-refractivity contribution is 0.426. The molecule has 42 heavy (non-hydrogen) atoms. The lowest BCUT2D eigenvalue weighted by Crippen LogP contribution is -2.30. The van der Waals surface area contributed by atoms with Crippen LogP contribution >= 0.6 is 15.9 Å². The first-order chi connectivity index (χ1) is 20.5. The van der Waals surface area contributed by atoms with E-state index in [0.717, 1.165) is 28.1 Å². The summed E-state index contributed by atoms with van der Waals surface area (Å²) in [5.74, 6) is 0. The van der Waals surface area contributed by atoms with E-state index in [1.165, 1.54) is 150 Å². The van der Waals surface area contributed by atoms with Crippen LogP contribution < -0.4 is 5.46 Å². The molecule has 3 aromatic rings. The molecule has 232 valence electrons. The Kier molecular flexibility index (Phi) is 17.2. The Balaban J connectivity index is 1.62. The number of hydrogen-bond donors (Lipinski definition) is 2. The molecule has 0 aliphatic heterocycles. The average molecular weight is 638 g/mol. The van der Waals surface area contributed by atoms with Crippen LogP contribution in [0.4, 0.5) is 0 Å². The number of benzene rings is 3. The molecule has 0 aromatic heterocycles. The van der Waals surface area contributed by atoms with E-state index in [9.17, 15) is 10.0 Å². The number of aryl methyl sites for hydroxylation is 2. The van der Waals surface area contributed by atoms with Crippen LogP contribution in [0.1, 0.15) is 153 Å². The third-order valence-corrected chi connectivity index (χ3v) is 9.56. The summed E-state index contributed by atoms with van der Waals surface area (Å²) < 4.78 is 0.876. The summed E-state index contributed by atoms with van der Waals surface area (Å²) in [5.41, 5.74) is 3.59. The average Bonchev–Trinajstić information content (AvgIpc) is 2.97. The Bertz CT molecular complexity index is 1170. The predicted molar refractivity (Wildman–Crippen MR) is 190 cm³/mol. The molecule has 0 spiro atoms. The molecular weight excluding hydrogens is 579 g/mol. The summed E-state index contributed by atoms with van der Waals surface area (Å²) >= 11 is 3.56. The molecule has 0 saturated heterocycles. The molecule has 0 bridgehead atoms. The Hall–Kier alpha value is -1.36. The fraction of sp³-hybridized carbons (Fsp3) is 0.632. The highest BCUT2D eigenvalue weighted by atomic mass is 79.9. The highest BCUT2D eigenvalue weighted by Crippen LogP contribution is 2.29. The highest BCUT2D eigenvalue weighted by Gasteiger charge is 2.17. The number of unbranched alkanes of at least 4 members (excludes halogenated alkanes) is 18. The van der Waals surface area contributed by atoms with Crippen molar-refractivity contribution in [3.05, 3.63) is 52.0 Å². The van der Waals surface area contributed by atoms with Crippen molar-refractivity contribution < 1.29 is 10.0 Å². The standard InChI is InChI=1S/C38H58BBrO2/c1-3-5-7-9-11-13-15-17-19-21-23-31-25-33-27-35-28-36(40)30-38(39(41)42)37(35)29-34(33)26-32(31)24-22-20-18-16-14-12-10-8-6-4-2/h25-30,41-42H,3-24H2,1-2H3. The molecule has 3 aromatic carbocycles. The van der Waals surface area contributed by atoms with E-state index in [4.69, 9.17) is 0 Å². The van der Waals surface area contributed by atoms with Crippen LogP contribution in [0.3, 0.4) is 0 Å². The topological polar surface area (TPSA) is 40.5 Å². The molecule has 0 radical (unpaired) electrons. The molecule has 0 aliphatic carbocycles. The van der Waals surface area contributed by atoms with E-state index in [1.54, 1.807) is 0 Å². The van der Waals surface area contributed by atoms with E-state index < -0.39 is 7.12 Å². The summed E-state index contributed by atoms with van der Waals surface area (Å²) in [7, 11) is -1.48. The molecule has 0 saturated carbocycles. The predicted octanol–water partition coefficient (Wildman–Crippen LogP) is 11.4. The van der Waals surface area contributed by atoms with Crippen molar-refractivity contribution in [2.24, 2.45) is 0 Å². The van der Waals surface area contributed by atoms with E-state index >= 15 is 0 Å². The van der Waals surface area contributed by atoms with Gasteiger partial charge in [0, 0.05) is 4.47 Å². The number of halogens is 1. The van der Waals surface area contributed by atoms with Crippen molar-refractivity contribution in [1.29, 1.82) is 0 Å². The first-order valence-corrected chi connectivity index (χ1v) is 18.4. The second-order valence-corrected chi connectivity index (χ2v) is 13.7. The first kappa shape index (κ1) is 35.1. The van der Waals surface area contributed by atoms with Crippen molar-refractivity contribution in [2.45, 2.75) is 155 Å². The molecule has 2 N–H and O–H groups in total. The van der Waals surface area contributed by atoms with E-state index in [2.05, 4.69) is 60.1 Å². The van der Waals surface area contributed by atoms with Gasteiger partial charge in [0.2, 0.25) is 0 Å². The van der Waals surface area contributed by atoms with Crippen LogP contribution in [0, 0.1) is 0 Å².